The average molecular weight is 268 g/mol. The molecule has 0 heterocycles. The lowest BCUT2D eigenvalue weighted by molar-refractivity contribution is 0.150. The van der Waals surface area contributed by atoms with E-state index in [0.717, 1.165) is 64.2 Å². The molecule has 0 unspecified atom stereocenters. The van der Waals surface area contributed by atoms with Gasteiger partial charge in [-0.25, -0.2) is 0 Å². The Morgan fingerprint density at radius 1 is 0.789 bits per heavy atom. The van der Waals surface area contributed by atoms with Crippen LogP contribution in [0.4, 0.5) is 0 Å². The average Bonchev–Trinajstić information content (AvgIpc) is 2.36. The van der Waals surface area contributed by atoms with E-state index in [9.17, 15) is 5.11 Å². The van der Waals surface area contributed by atoms with Crippen molar-refractivity contribution in [1.29, 1.82) is 0 Å². The minimum absolute atomic E-state index is 0.105. The molecular formula is C17H32O2. The van der Waals surface area contributed by atoms with Gasteiger partial charge in [0.05, 0.1) is 12.2 Å². The Hall–Kier alpha value is -0.520. The summed E-state index contributed by atoms with van der Waals surface area (Å²) < 4.78 is 0. The molecular weight excluding hydrogens is 236 g/mol. The molecule has 0 aliphatic carbocycles. The monoisotopic (exact) mass is 268 g/mol. The van der Waals surface area contributed by atoms with Crippen molar-refractivity contribution in [2.45, 2.75) is 96.7 Å². The molecule has 2 atom stereocenters. The zero-order chi connectivity index (χ0) is 14.3. The molecule has 2 N–H and O–H groups in total. The number of unbranched alkanes of at least 4 members (excludes halogenated alkanes) is 5. The molecule has 19 heavy (non-hydrogen) atoms. The van der Waals surface area contributed by atoms with Crippen molar-refractivity contribution in [3.05, 3.63) is 0 Å². The second-order valence-electron chi connectivity index (χ2n) is 5.49. The van der Waals surface area contributed by atoms with Gasteiger partial charge in [0.1, 0.15) is 0 Å². The molecule has 112 valence electrons. The van der Waals surface area contributed by atoms with Gasteiger partial charge in [-0.3, -0.25) is 0 Å². The van der Waals surface area contributed by atoms with E-state index in [0.29, 0.717) is 0 Å². The zero-order valence-electron chi connectivity index (χ0n) is 12.8. The largest absolute Gasteiger partial charge is 0.393 e. The van der Waals surface area contributed by atoms with Gasteiger partial charge in [-0.2, -0.15) is 0 Å². The van der Waals surface area contributed by atoms with Crippen LogP contribution < -0.4 is 0 Å². The summed E-state index contributed by atoms with van der Waals surface area (Å²) in [4.78, 5) is 0. The molecule has 0 spiro atoms. The van der Waals surface area contributed by atoms with E-state index in [4.69, 9.17) is 5.11 Å². The molecule has 0 aliphatic heterocycles. The fourth-order valence-electron chi connectivity index (χ4n) is 2.08. The predicted molar refractivity (Wildman–Crippen MR) is 81.9 cm³/mol. The van der Waals surface area contributed by atoms with Gasteiger partial charge in [-0.05, 0) is 45.4 Å². The van der Waals surface area contributed by atoms with Crippen LogP contribution in [0.5, 0.6) is 0 Å². The SMILES string of the molecule is CCC[C@@H](O)CCCCC#CCCCCC[C@@H](C)O. The Balaban J connectivity index is 3.22. The molecule has 2 nitrogen and oxygen atoms in total. The van der Waals surface area contributed by atoms with Crippen molar-refractivity contribution in [2.75, 3.05) is 0 Å². The van der Waals surface area contributed by atoms with E-state index in [1.807, 2.05) is 6.92 Å². The highest BCUT2D eigenvalue weighted by Gasteiger charge is 2.00. The highest BCUT2D eigenvalue weighted by Crippen LogP contribution is 2.08. The van der Waals surface area contributed by atoms with E-state index >= 15 is 0 Å². The number of hydrogen-bond donors (Lipinski definition) is 2. The molecule has 0 saturated carbocycles. The van der Waals surface area contributed by atoms with Crippen LogP contribution in [0.15, 0.2) is 0 Å². The van der Waals surface area contributed by atoms with Gasteiger partial charge in [0, 0.05) is 12.8 Å². The maximum atomic E-state index is 9.56. The van der Waals surface area contributed by atoms with E-state index in [-0.39, 0.29) is 12.2 Å². The molecule has 0 saturated heterocycles. The quantitative estimate of drug-likeness (QED) is 0.438. The summed E-state index contributed by atoms with van der Waals surface area (Å²) in [5.74, 6) is 6.42. The fourth-order valence-corrected chi connectivity index (χ4v) is 2.08. The standard InChI is InChI=1S/C17H32O2/c1-3-13-17(19)15-12-10-8-6-4-5-7-9-11-14-16(2)18/h16-19H,3,5,7-15H2,1-2H3/t16-,17-/m1/s1. The van der Waals surface area contributed by atoms with Gasteiger partial charge in [0.2, 0.25) is 0 Å². The van der Waals surface area contributed by atoms with Gasteiger partial charge >= 0.3 is 0 Å². The van der Waals surface area contributed by atoms with Gasteiger partial charge < -0.3 is 10.2 Å². The number of aliphatic hydroxyl groups excluding tert-OH is 2. The van der Waals surface area contributed by atoms with E-state index in [2.05, 4.69) is 18.8 Å². The Morgan fingerprint density at radius 2 is 1.37 bits per heavy atom. The van der Waals surface area contributed by atoms with Gasteiger partial charge in [-0.1, -0.05) is 26.2 Å². The lowest BCUT2D eigenvalue weighted by atomic mass is 10.1. The molecule has 0 aliphatic rings. The van der Waals surface area contributed by atoms with Crippen LogP contribution in [0.25, 0.3) is 0 Å². The van der Waals surface area contributed by atoms with E-state index in [1.54, 1.807) is 0 Å². The summed E-state index contributed by atoms with van der Waals surface area (Å²) in [6.45, 7) is 3.95. The minimum atomic E-state index is -0.158. The van der Waals surface area contributed by atoms with Gasteiger partial charge in [-0.15, -0.1) is 11.8 Å². The Labute approximate surface area is 119 Å². The Kier molecular flexibility index (Phi) is 13.5. The fraction of sp³-hybridized carbons (Fsp3) is 0.882. The maximum absolute atomic E-state index is 9.56. The zero-order valence-corrected chi connectivity index (χ0v) is 12.8. The molecule has 0 amide bonds. The van der Waals surface area contributed by atoms with Gasteiger partial charge in [0.15, 0.2) is 0 Å². The summed E-state index contributed by atoms with van der Waals surface area (Å²) in [5.41, 5.74) is 0. The predicted octanol–water partition coefficient (Wildman–Crippen LogP) is 4.04. The van der Waals surface area contributed by atoms with Crippen molar-refractivity contribution >= 4 is 0 Å². The van der Waals surface area contributed by atoms with Crippen LogP contribution in [0.2, 0.25) is 0 Å². The summed E-state index contributed by atoms with van der Waals surface area (Å²) in [6.07, 6.45) is 11.1. The van der Waals surface area contributed by atoms with Crippen LogP contribution in [0.1, 0.15) is 84.5 Å². The summed E-state index contributed by atoms with van der Waals surface area (Å²) in [6, 6.07) is 0. The van der Waals surface area contributed by atoms with Crippen LogP contribution in [-0.2, 0) is 0 Å². The van der Waals surface area contributed by atoms with Crippen LogP contribution in [0, 0.1) is 11.8 Å². The number of hydrogen-bond acceptors (Lipinski definition) is 2. The third kappa shape index (κ3) is 15.4. The lowest BCUT2D eigenvalue weighted by Gasteiger charge is -2.07. The summed E-state index contributed by atoms with van der Waals surface area (Å²) in [7, 11) is 0. The van der Waals surface area contributed by atoms with E-state index in [1.165, 1.54) is 6.42 Å². The van der Waals surface area contributed by atoms with Crippen molar-refractivity contribution in [1.82, 2.24) is 0 Å². The van der Waals surface area contributed by atoms with Crippen LogP contribution in [-0.4, -0.2) is 22.4 Å². The molecule has 0 aromatic rings. The number of aliphatic hydroxyl groups is 2. The second kappa shape index (κ2) is 13.9. The first-order chi connectivity index (χ1) is 9.16. The normalized spacial score (nSPS) is 13.7. The van der Waals surface area contributed by atoms with Crippen molar-refractivity contribution in [2.24, 2.45) is 0 Å². The molecule has 2 heteroatoms. The van der Waals surface area contributed by atoms with Crippen molar-refractivity contribution in [3.8, 4) is 11.8 Å². The highest BCUT2D eigenvalue weighted by atomic mass is 16.3. The topological polar surface area (TPSA) is 40.5 Å². The third-order valence-corrected chi connectivity index (χ3v) is 3.26. The van der Waals surface area contributed by atoms with Crippen LogP contribution >= 0.6 is 0 Å². The second-order valence-corrected chi connectivity index (χ2v) is 5.49. The highest BCUT2D eigenvalue weighted by molar-refractivity contribution is 4.98. The summed E-state index contributed by atoms with van der Waals surface area (Å²) in [5, 5.41) is 18.7. The first-order valence-electron chi connectivity index (χ1n) is 7.98. The minimum Gasteiger partial charge on any atom is -0.393 e. The van der Waals surface area contributed by atoms with E-state index < -0.39 is 0 Å². The molecule has 0 radical (unpaired) electrons. The molecule has 0 rings (SSSR count). The molecule has 0 bridgehead atoms. The Bertz CT molecular complexity index is 237. The molecule has 0 aromatic heterocycles. The maximum Gasteiger partial charge on any atom is 0.0540 e. The number of rotatable bonds is 11. The molecule has 0 aromatic carbocycles. The molecule has 0 fully saturated rings. The van der Waals surface area contributed by atoms with Crippen molar-refractivity contribution < 1.29 is 10.2 Å². The first-order valence-corrected chi connectivity index (χ1v) is 7.98. The Morgan fingerprint density at radius 3 is 1.95 bits per heavy atom. The smallest absolute Gasteiger partial charge is 0.0540 e. The van der Waals surface area contributed by atoms with Gasteiger partial charge in [0.25, 0.3) is 0 Å². The summed E-state index contributed by atoms with van der Waals surface area (Å²) >= 11 is 0. The van der Waals surface area contributed by atoms with Crippen molar-refractivity contribution in [3.63, 3.8) is 0 Å². The lowest BCUT2D eigenvalue weighted by Crippen LogP contribution is -2.04. The first kappa shape index (κ1) is 18.5. The van der Waals surface area contributed by atoms with Crippen LogP contribution in [0.3, 0.4) is 0 Å². The third-order valence-electron chi connectivity index (χ3n) is 3.26.